The van der Waals surface area contributed by atoms with Crippen LogP contribution in [0.2, 0.25) is 5.02 Å². The third-order valence-corrected chi connectivity index (χ3v) is 6.69. The summed E-state index contributed by atoms with van der Waals surface area (Å²) in [6, 6.07) is 14.7. The normalized spacial score (nSPS) is 24.1. The number of Topliss-reactive ketones (excluding diaryl/α,β-unsaturated/α-hetero) is 1. The Morgan fingerprint density at radius 1 is 1.13 bits per heavy atom. The van der Waals surface area contributed by atoms with Crippen LogP contribution in [-0.2, 0) is 4.79 Å². The monoisotopic (exact) mass is 423 g/mol. The van der Waals surface area contributed by atoms with Crippen LogP contribution in [0.1, 0.15) is 41.8 Å². The predicted molar refractivity (Wildman–Crippen MR) is 114 cm³/mol. The van der Waals surface area contributed by atoms with Crippen molar-refractivity contribution in [3.63, 3.8) is 0 Å². The highest BCUT2D eigenvalue weighted by Crippen LogP contribution is 2.69. The lowest BCUT2D eigenvalue weighted by Gasteiger charge is -2.70. The molecule has 3 aromatic rings. The zero-order valence-corrected chi connectivity index (χ0v) is 17.4. The van der Waals surface area contributed by atoms with Gasteiger partial charge in [-0.25, -0.2) is 0 Å². The third kappa shape index (κ3) is 3.37. The molecule has 2 aromatic carbocycles. The number of carbonyl (C=O) groups excluding carboxylic acids is 2. The molecule has 0 radical (unpaired) electrons. The van der Waals surface area contributed by atoms with Crippen molar-refractivity contribution in [2.24, 2.45) is 5.41 Å². The maximum absolute atomic E-state index is 12.6. The number of para-hydroxylation sites is 1. The van der Waals surface area contributed by atoms with Crippen LogP contribution in [0.4, 0.5) is 0 Å². The lowest BCUT2D eigenvalue weighted by molar-refractivity contribution is -0.162. The number of ketones is 1. The summed E-state index contributed by atoms with van der Waals surface area (Å²) in [5.41, 5.74) is 1.45. The van der Waals surface area contributed by atoms with Gasteiger partial charge in [0.2, 0.25) is 0 Å². The number of fused-ring (bicyclic) bond motifs is 1. The van der Waals surface area contributed by atoms with E-state index in [4.69, 9.17) is 20.8 Å². The molecular weight excluding hydrogens is 402 g/mol. The molecule has 6 rings (SSSR count). The second-order valence-electron chi connectivity index (χ2n) is 8.83. The van der Waals surface area contributed by atoms with Crippen molar-refractivity contribution >= 4 is 34.3 Å². The summed E-state index contributed by atoms with van der Waals surface area (Å²) in [6.45, 7) is 1.96. The number of benzene rings is 2. The SMILES string of the molecule is Cc1cc(OCC(=O)CC23CC(NC(=O)c4cc5ccccc5o4)(C2)C3)ccc1Cl. The smallest absolute Gasteiger partial charge is 0.287 e. The van der Waals surface area contributed by atoms with Crippen molar-refractivity contribution in [2.75, 3.05) is 6.61 Å². The number of rotatable bonds is 7. The summed E-state index contributed by atoms with van der Waals surface area (Å²) in [4.78, 5) is 25.0. The molecule has 5 nitrogen and oxygen atoms in total. The molecule has 2 bridgehead atoms. The van der Waals surface area contributed by atoms with Crippen molar-refractivity contribution in [3.05, 3.63) is 64.9 Å². The van der Waals surface area contributed by atoms with E-state index in [0.717, 1.165) is 30.2 Å². The quantitative estimate of drug-likeness (QED) is 0.575. The molecule has 3 aliphatic carbocycles. The molecule has 1 aromatic heterocycles. The molecule has 0 saturated heterocycles. The van der Waals surface area contributed by atoms with Crippen molar-refractivity contribution in [1.82, 2.24) is 5.32 Å². The number of amides is 1. The average molecular weight is 424 g/mol. The molecular formula is C24H22ClNO4. The summed E-state index contributed by atoms with van der Waals surface area (Å²) >= 11 is 6.01. The van der Waals surface area contributed by atoms with E-state index in [-0.39, 0.29) is 29.3 Å². The molecule has 0 spiro atoms. The fraction of sp³-hybridized carbons (Fsp3) is 0.333. The Balaban J connectivity index is 1.12. The van der Waals surface area contributed by atoms with E-state index in [9.17, 15) is 9.59 Å². The lowest BCUT2D eigenvalue weighted by Crippen LogP contribution is -2.75. The second kappa shape index (κ2) is 6.88. The van der Waals surface area contributed by atoms with Crippen LogP contribution in [-0.4, -0.2) is 23.8 Å². The molecule has 3 fully saturated rings. The van der Waals surface area contributed by atoms with E-state index >= 15 is 0 Å². The first-order valence-corrected chi connectivity index (χ1v) is 10.5. The van der Waals surface area contributed by atoms with E-state index in [1.807, 2.05) is 37.3 Å². The van der Waals surface area contributed by atoms with E-state index in [1.165, 1.54) is 0 Å². The van der Waals surface area contributed by atoms with Crippen LogP contribution in [0, 0.1) is 12.3 Å². The lowest BCUT2D eigenvalue weighted by atomic mass is 9.38. The molecule has 0 unspecified atom stereocenters. The standard InChI is InChI=1S/C24H22ClNO4/c1-15-8-18(6-7-19(15)25)29-11-17(27)10-23-12-24(13-23,14-23)26-22(28)21-9-16-4-2-3-5-20(16)30-21/h2-9H,10-14H2,1H3,(H,26,28). The fourth-order valence-electron chi connectivity index (χ4n) is 5.05. The molecule has 30 heavy (non-hydrogen) atoms. The topological polar surface area (TPSA) is 68.5 Å². The average Bonchev–Trinajstić information content (AvgIpc) is 3.10. The molecule has 0 aliphatic heterocycles. The molecule has 3 aliphatic rings. The summed E-state index contributed by atoms with van der Waals surface area (Å²) in [6.07, 6.45) is 2.98. The highest BCUT2D eigenvalue weighted by molar-refractivity contribution is 6.31. The zero-order chi connectivity index (χ0) is 20.9. The Morgan fingerprint density at radius 2 is 1.90 bits per heavy atom. The maximum atomic E-state index is 12.6. The first kappa shape index (κ1) is 19.2. The molecule has 0 atom stereocenters. The highest BCUT2D eigenvalue weighted by Gasteiger charge is 2.68. The van der Waals surface area contributed by atoms with Crippen LogP contribution in [0.3, 0.4) is 0 Å². The van der Waals surface area contributed by atoms with Crippen LogP contribution in [0.15, 0.2) is 52.9 Å². The van der Waals surface area contributed by atoms with Gasteiger partial charge in [-0.3, -0.25) is 9.59 Å². The van der Waals surface area contributed by atoms with Gasteiger partial charge in [-0.05, 0) is 67.5 Å². The highest BCUT2D eigenvalue weighted by atomic mass is 35.5. The molecule has 6 heteroatoms. The fourth-order valence-corrected chi connectivity index (χ4v) is 5.17. The Kier molecular flexibility index (Phi) is 4.40. The van der Waals surface area contributed by atoms with Gasteiger partial charge in [-0.1, -0.05) is 29.8 Å². The predicted octanol–water partition coefficient (Wildman–Crippen LogP) is 5.09. The van der Waals surface area contributed by atoms with Gasteiger partial charge in [-0.2, -0.15) is 0 Å². The first-order valence-electron chi connectivity index (χ1n) is 10.1. The van der Waals surface area contributed by atoms with Crippen LogP contribution in [0.25, 0.3) is 11.0 Å². The summed E-state index contributed by atoms with van der Waals surface area (Å²) in [7, 11) is 0. The number of furan rings is 1. The Hall–Kier alpha value is -2.79. The van der Waals surface area contributed by atoms with Gasteiger partial charge in [0.05, 0.1) is 0 Å². The van der Waals surface area contributed by atoms with Gasteiger partial charge >= 0.3 is 0 Å². The Morgan fingerprint density at radius 3 is 2.63 bits per heavy atom. The van der Waals surface area contributed by atoms with Crippen LogP contribution < -0.4 is 10.1 Å². The number of carbonyl (C=O) groups is 2. The van der Waals surface area contributed by atoms with Crippen molar-refractivity contribution in [1.29, 1.82) is 0 Å². The van der Waals surface area contributed by atoms with Crippen LogP contribution in [0.5, 0.6) is 5.75 Å². The molecule has 1 N–H and O–H groups in total. The second-order valence-corrected chi connectivity index (χ2v) is 9.24. The third-order valence-electron chi connectivity index (χ3n) is 6.27. The molecule has 1 amide bonds. The zero-order valence-electron chi connectivity index (χ0n) is 16.7. The Labute approximate surface area is 179 Å². The maximum Gasteiger partial charge on any atom is 0.287 e. The Bertz CT molecular complexity index is 1110. The summed E-state index contributed by atoms with van der Waals surface area (Å²) < 4.78 is 11.3. The van der Waals surface area contributed by atoms with Gasteiger partial charge < -0.3 is 14.5 Å². The van der Waals surface area contributed by atoms with Crippen molar-refractivity contribution in [3.8, 4) is 5.75 Å². The molecule has 1 heterocycles. The number of halogens is 1. The van der Waals surface area contributed by atoms with Gasteiger partial charge in [0, 0.05) is 22.4 Å². The first-order chi connectivity index (χ1) is 14.4. The number of ether oxygens (including phenoxy) is 1. The number of hydrogen-bond donors (Lipinski definition) is 1. The van der Waals surface area contributed by atoms with E-state index in [1.54, 1.807) is 18.2 Å². The minimum absolute atomic E-state index is 0.0114. The summed E-state index contributed by atoms with van der Waals surface area (Å²) in [5.74, 6) is 0.877. The summed E-state index contributed by atoms with van der Waals surface area (Å²) in [5, 5.41) is 4.71. The molecule has 154 valence electrons. The van der Waals surface area contributed by atoms with E-state index in [0.29, 0.717) is 28.5 Å². The van der Waals surface area contributed by atoms with E-state index < -0.39 is 0 Å². The minimum atomic E-state index is -0.190. The number of nitrogens with one attached hydrogen (secondary N) is 1. The van der Waals surface area contributed by atoms with Gasteiger partial charge in [0.15, 0.2) is 11.5 Å². The van der Waals surface area contributed by atoms with Gasteiger partial charge in [0.25, 0.3) is 5.91 Å². The van der Waals surface area contributed by atoms with Gasteiger partial charge in [0.1, 0.15) is 17.9 Å². The van der Waals surface area contributed by atoms with Crippen molar-refractivity contribution in [2.45, 2.75) is 38.1 Å². The number of hydrogen-bond acceptors (Lipinski definition) is 4. The van der Waals surface area contributed by atoms with E-state index in [2.05, 4.69) is 5.32 Å². The van der Waals surface area contributed by atoms with Gasteiger partial charge in [-0.15, -0.1) is 0 Å². The molecule has 3 saturated carbocycles. The van der Waals surface area contributed by atoms with Crippen molar-refractivity contribution < 1.29 is 18.7 Å². The number of aryl methyl sites for hydroxylation is 1. The largest absolute Gasteiger partial charge is 0.486 e. The minimum Gasteiger partial charge on any atom is -0.486 e. The van der Waals surface area contributed by atoms with Crippen LogP contribution >= 0.6 is 11.6 Å².